The summed E-state index contributed by atoms with van der Waals surface area (Å²) in [7, 11) is 3.87. The van der Waals surface area contributed by atoms with Crippen molar-refractivity contribution in [1.29, 1.82) is 0 Å². The summed E-state index contributed by atoms with van der Waals surface area (Å²) in [5.41, 5.74) is 3.75. The van der Waals surface area contributed by atoms with Gasteiger partial charge >= 0.3 is 0 Å². The molecule has 1 aromatic carbocycles. The van der Waals surface area contributed by atoms with Crippen LogP contribution in [0.4, 0.5) is 0 Å². The summed E-state index contributed by atoms with van der Waals surface area (Å²) in [4.78, 5) is 13.5. The Bertz CT molecular complexity index is 761. The Morgan fingerprint density at radius 1 is 1.29 bits per heavy atom. The van der Waals surface area contributed by atoms with Crippen molar-refractivity contribution in [1.82, 2.24) is 20.1 Å². The molecule has 1 fully saturated rings. The number of aryl methyl sites for hydroxylation is 1. The van der Waals surface area contributed by atoms with Crippen LogP contribution >= 0.6 is 35.3 Å². The molecule has 154 valence electrons. The van der Waals surface area contributed by atoms with Crippen LogP contribution < -0.4 is 5.32 Å². The molecule has 0 saturated carbocycles. The van der Waals surface area contributed by atoms with E-state index >= 15 is 0 Å². The van der Waals surface area contributed by atoms with Crippen LogP contribution in [-0.2, 0) is 24.4 Å². The lowest BCUT2D eigenvalue weighted by molar-refractivity contribution is 0.0341. The monoisotopic (exact) mass is 515 g/mol. The number of thiazole rings is 1. The van der Waals surface area contributed by atoms with E-state index in [-0.39, 0.29) is 24.0 Å². The number of hydrogen-bond acceptors (Lipinski definition) is 5. The maximum absolute atomic E-state index is 5.46. The van der Waals surface area contributed by atoms with E-state index in [0.29, 0.717) is 0 Å². The van der Waals surface area contributed by atoms with Gasteiger partial charge in [0.15, 0.2) is 5.96 Å². The van der Waals surface area contributed by atoms with Crippen LogP contribution in [0.5, 0.6) is 0 Å². The highest BCUT2D eigenvalue weighted by atomic mass is 127. The highest BCUT2D eigenvalue weighted by Crippen LogP contribution is 2.14. The maximum atomic E-state index is 5.46. The third kappa shape index (κ3) is 6.68. The molecule has 1 aliphatic rings. The standard InChI is InChI=1S/C20H29N5OS.HI/c1-16-23-19(15-27-16)14-24(3)20(21-2)22-12-17-6-4-5-7-18(17)13-25-8-10-26-11-9-25;/h4-7,15H,8-14H2,1-3H3,(H,21,22);1H. The SMILES string of the molecule is CN=C(NCc1ccccc1CN1CCOCC1)N(C)Cc1csc(C)n1.I. The van der Waals surface area contributed by atoms with Gasteiger partial charge in [0, 0.05) is 45.7 Å². The largest absolute Gasteiger partial charge is 0.379 e. The number of guanidine groups is 1. The van der Waals surface area contributed by atoms with Crippen molar-refractivity contribution >= 4 is 41.3 Å². The number of morpholine rings is 1. The van der Waals surface area contributed by atoms with Crippen molar-refractivity contribution in [2.45, 2.75) is 26.6 Å². The number of halogens is 1. The molecule has 28 heavy (non-hydrogen) atoms. The fourth-order valence-electron chi connectivity index (χ4n) is 3.24. The fourth-order valence-corrected chi connectivity index (χ4v) is 3.85. The molecular weight excluding hydrogens is 485 g/mol. The number of benzene rings is 1. The minimum Gasteiger partial charge on any atom is -0.379 e. The predicted octanol–water partition coefficient (Wildman–Crippen LogP) is 3.11. The molecule has 0 aliphatic carbocycles. The molecule has 8 heteroatoms. The van der Waals surface area contributed by atoms with Crippen LogP contribution in [0.15, 0.2) is 34.6 Å². The molecule has 1 aromatic heterocycles. The van der Waals surface area contributed by atoms with E-state index in [1.807, 2.05) is 21.0 Å². The second-order valence-corrected chi connectivity index (χ2v) is 7.83. The van der Waals surface area contributed by atoms with E-state index in [1.54, 1.807) is 11.3 Å². The van der Waals surface area contributed by atoms with Crippen LogP contribution in [0.1, 0.15) is 21.8 Å². The van der Waals surface area contributed by atoms with Gasteiger partial charge in [-0.3, -0.25) is 9.89 Å². The summed E-state index contributed by atoms with van der Waals surface area (Å²) >= 11 is 1.68. The van der Waals surface area contributed by atoms with E-state index in [2.05, 4.69) is 54.7 Å². The minimum atomic E-state index is 0. The number of ether oxygens (including phenoxy) is 1. The molecule has 0 bridgehead atoms. The second kappa shape index (κ2) is 11.7. The van der Waals surface area contributed by atoms with Crippen molar-refractivity contribution in [2.24, 2.45) is 4.99 Å². The summed E-state index contributed by atoms with van der Waals surface area (Å²) in [6.45, 7) is 8.16. The van der Waals surface area contributed by atoms with E-state index in [9.17, 15) is 0 Å². The average Bonchev–Trinajstić information content (AvgIpc) is 3.09. The van der Waals surface area contributed by atoms with Crippen LogP contribution in [0.2, 0.25) is 0 Å². The van der Waals surface area contributed by atoms with Crippen molar-refractivity contribution in [3.05, 3.63) is 51.5 Å². The Morgan fingerprint density at radius 2 is 2.00 bits per heavy atom. The van der Waals surface area contributed by atoms with Gasteiger partial charge in [0.25, 0.3) is 0 Å². The zero-order chi connectivity index (χ0) is 19.1. The molecule has 0 amide bonds. The highest BCUT2D eigenvalue weighted by molar-refractivity contribution is 14.0. The normalized spacial score (nSPS) is 15.2. The lowest BCUT2D eigenvalue weighted by Gasteiger charge is -2.27. The van der Waals surface area contributed by atoms with Gasteiger partial charge in [-0.1, -0.05) is 24.3 Å². The fraction of sp³-hybridized carbons (Fsp3) is 0.500. The molecule has 6 nitrogen and oxygen atoms in total. The molecule has 1 saturated heterocycles. The zero-order valence-corrected chi connectivity index (χ0v) is 20.0. The number of rotatable bonds is 6. The molecule has 1 aliphatic heterocycles. The minimum absolute atomic E-state index is 0. The molecule has 0 atom stereocenters. The lowest BCUT2D eigenvalue weighted by atomic mass is 10.1. The number of hydrogen-bond donors (Lipinski definition) is 1. The Labute approximate surface area is 189 Å². The van der Waals surface area contributed by atoms with Gasteiger partial charge < -0.3 is 15.0 Å². The molecule has 2 aromatic rings. The number of nitrogens with zero attached hydrogens (tertiary/aromatic N) is 4. The summed E-state index contributed by atoms with van der Waals surface area (Å²) in [5, 5.41) is 6.70. The second-order valence-electron chi connectivity index (χ2n) is 6.77. The van der Waals surface area contributed by atoms with Gasteiger partial charge in [-0.15, -0.1) is 35.3 Å². The zero-order valence-electron chi connectivity index (χ0n) is 16.9. The first-order valence-corrected chi connectivity index (χ1v) is 10.2. The van der Waals surface area contributed by atoms with Gasteiger partial charge in [0.05, 0.1) is 30.5 Å². The topological polar surface area (TPSA) is 53.0 Å². The molecule has 0 radical (unpaired) electrons. The highest BCUT2D eigenvalue weighted by Gasteiger charge is 2.14. The number of aromatic nitrogens is 1. The van der Waals surface area contributed by atoms with Gasteiger partial charge in [-0.2, -0.15) is 0 Å². The van der Waals surface area contributed by atoms with Gasteiger partial charge in [-0.05, 0) is 18.1 Å². The van der Waals surface area contributed by atoms with Gasteiger partial charge in [0.2, 0.25) is 0 Å². The third-order valence-electron chi connectivity index (χ3n) is 4.69. The Kier molecular flexibility index (Phi) is 9.63. The first kappa shape index (κ1) is 23.1. The molecule has 0 spiro atoms. The number of aliphatic imine (C=N–C) groups is 1. The Morgan fingerprint density at radius 3 is 2.64 bits per heavy atom. The molecule has 3 rings (SSSR count). The van der Waals surface area contributed by atoms with E-state index in [4.69, 9.17) is 4.74 Å². The molecular formula is C20H30IN5OS. The molecule has 0 unspecified atom stereocenters. The summed E-state index contributed by atoms with van der Waals surface area (Å²) in [6.07, 6.45) is 0. The molecule has 2 heterocycles. The summed E-state index contributed by atoms with van der Waals surface area (Å²) in [6, 6.07) is 8.63. The summed E-state index contributed by atoms with van der Waals surface area (Å²) in [5.74, 6) is 0.877. The lowest BCUT2D eigenvalue weighted by Crippen LogP contribution is -2.38. The first-order valence-electron chi connectivity index (χ1n) is 9.35. The average molecular weight is 515 g/mol. The van der Waals surface area contributed by atoms with Gasteiger partial charge in [-0.25, -0.2) is 4.98 Å². The quantitative estimate of drug-likeness (QED) is 0.364. The van der Waals surface area contributed by atoms with Crippen LogP contribution in [-0.4, -0.2) is 61.1 Å². The van der Waals surface area contributed by atoms with Crippen molar-refractivity contribution in [2.75, 3.05) is 40.4 Å². The van der Waals surface area contributed by atoms with Crippen LogP contribution in [0.3, 0.4) is 0 Å². The Balaban J connectivity index is 0.00000280. The van der Waals surface area contributed by atoms with Crippen molar-refractivity contribution < 1.29 is 4.74 Å². The summed E-state index contributed by atoms with van der Waals surface area (Å²) < 4.78 is 5.46. The van der Waals surface area contributed by atoms with E-state index in [1.165, 1.54) is 11.1 Å². The van der Waals surface area contributed by atoms with Crippen LogP contribution in [0, 0.1) is 6.92 Å². The van der Waals surface area contributed by atoms with E-state index < -0.39 is 0 Å². The van der Waals surface area contributed by atoms with Crippen molar-refractivity contribution in [3.63, 3.8) is 0 Å². The predicted molar refractivity (Wildman–Crippen MR) is 126 cm³/mol. The van der Waals surface area contributed by atoms with Crippen LogP contribution in [0.25, 0.3) is 0 Å². The number of nitrogens with one attached hydrogen (secondary N) is 1. The third-order valence-corrected chi connectivity index (χ3v) is 5.51. The molecule has 1 N–H and O–H groups in total. The maximum Gasteiger partial charge on any atom is 0.194 e. The smallest absolute Gasteiger partial charge is 0.194 e. The van der Waals surface area contributed by atoms with E-state index in [0.717, 1.165) is 62.6 Å². The van der Waals surface area contributed by atoms with Crippen molar-refractivity contribution in [3.8, 4) is 0 Å². The Hall–Kier alpha value is -1.23. The first-order chi connectivity index (χ1) is 13.2. The van der Waals surface area contributed by atoms with Gasteiger partial charge in [0.1, 0.15) is 0 Å².